The van der Waals surface area contributed by atoms with Crippen molar-refractivity contribution in [3.63, 3.8) is 0 Å². The molecule has 2 rings (SSSR count). The van der Waals surface area contributed by atoms with Crippen molar-refractivity contribution in [1.82, 2.24) is 4.37 Å². The van der Waals surface area contributed by atoms with Crippen molar-refractivity contribution in [3.05, 3.63) is 39.1 Å². The second-order valence-corrected chi connectivity index (χ2v) is 5.44. The minimum atomic E-state index is -4.94. The van der Waals surface area contributed by atoms with E-state index in [4.69, 9.17) is 18.6 Å². The minimum Gasteiger partial charge on any atom is -0.258 e. The fourth-order valence-electron chi connectivity index (χ4n) is 1.00. The first-order valence-electron chi connectivity index (χ1n) is 4.36. The molecule has 11 heteroatoms. The number of hydrogen-bond donors (Lipinski definition) is 0. The first-order chi connectivity index (χ1) is 8.77. The molecular weight excluding hydrogens is 320 g/mol. The first kappa shape index (κ1) is 15.8. The molecule has 102 valence electrons. The van der Waals surface area contributed by atoms with Crippen molar-refractivity contribution in [2.75, 3.05) is 0 Å². The fourth-order valence-corrected chi connectivity index (χ4v) is 2.49. The van der Waals surface area contributed by atoms with Gasteiger partial charge >= 0.3 is 0 Å². The van der Waals surface area contributed by atoms with Gasteiger partial charge in [-0.05, 0) is 16.5 Å². The van der Waals surface area contributed by atoms with Crippen molar-refractivity contribution < 1.29 is 33.8 Å². The Morgan fingerprint density at radius 2 is 1.68 bits per heavy atom. The van der Waals surface area contributed by atoms with Crippen LogP contribution in [0.3, 0.4) is 0 Å². The number of halogens is 1. The SMILES string of the molecule is O=[N+]([O-])c1ccc(-c2nsc[s+]2)cc1.[O-][Cl+3]([O-])([O-])[O-]. The summed E-state index contributed by atoms with van der Waals surface area (Å²) >= 11 is 2.91. The van der Waals surface area contributed by atoms with E-state index >= 15 is 0 Å². The van der Waals surface area contributed by atoms with Crippen LogP contribution in [0.25, 0.3) is 10.6 Å². The molecule has 8 nitrogen and oxygen atoms in total. The van der Waals surface area contributed by atoms with E-state index in [2.05, 4.69) is 4.37 Å². The number of benzene rings is 1. The quantitative estimate of drug-likeness (QED) is 0.363. The molecule has 2 aromatic rings. The largest absolute Gasteiger partial charge is 0.269 e. The number of non-ortho nitro benzene ring substituents is 1. The van der Waals surface area contributed by atoms with Gasteiger partial charge < -0.3 is 0 Å². The molecule has 0 unspecified atom stereocenters. The van der Waals surface area contributed by atoms with Gasteiger partial charge in [0, 0.05) is 17.7 Å². The molecule has 0 saturated carbocycles. The molecule has 0 aliphatic rings. The summed E-state index contributed by atoms with van der Waals surface area (Å²) in [6.07, 6.45) is 0. The third-order valence-electron chi connectivity index (χ3n) is 1.66. The molecule has 1 aromatic heterocycles. The van der Waals surface area contributed by atoms with Crippen LogP contribution in [-0.4, -0.2) is 9.30 Å². The number of nitro groups is 1. The van der Waals surface area contributed by atoms with Crippen molar-refractivity contribution >= 4 is 28.6 Å². The van der Waals surface area contributed by atoms with Crippen LogP contribution in [-0.2, 0) is 0 Å². The lowest BCUT2D eigenvalue weighted by Crippen LogP contribution is -2.68. The first-order valence-corrected chi connectivity index (χ1v) is 7.31. The summed E-state index contributed by atoms with van der Waals surface area (Å²) in [5, 5.41) is 11.3. The summed E-state index contributed by atoms with van der Waals surface area (Å²) < 4.78 is 40.0. The Bertz CT molecular complexity index is 521. The summed E-state index contributed by atoms with van der Waals surface area (Å²) in [4.78, 5) is 9.98. The van der Waals surface area contributed by atoms with Crippen molar-refractivity contribution in [3.8, 4) is 10.6 Å². The number of nitro benzene ring substituents is 1. The molecule has 0 aliphatic heterocycles. The third-order valence-corrected chi connectivity index (χ3v) is 3.35. The topological polar surface area (TPSA) is 148 Å². The van der Waals surface area contributed by atoms with Gasteiger partial charge in [-0.2, -0.15) is 0 Å². The summed E-state index contributed by atoms with van der Waals surface area (Å²) in [5.74, 6) is 0. The van der Waals surface area contributed by atoms with Crippen LogP contribution in [0, 0.1) is 20.4 Å². The minimum absolute atomic E-state index is 0.106. The standard InChI is InChI=1S/C8H5N2O2S2.ClHO4/c11-10(12)7-3-1-6(2-4-7)8-9-14-5-13-8;2-1(3,4)5/h1-5H;(H,2,3,4,5)/q+1;/p-1. The molecule has 0 radical (unpaired) electrons. The van der Waals surface area contributed by atoms with Crippen LogP contribution in [0.5, 0.6) is 0 Å². The summed E-state index contributed by atoms with van der Waals surface area (Å²) in [6.45, 7) is 0. The number of nitrogens with zero attached hydrogens (tertiary/aromatic N) is 2. The van der Waals surface area contributed by atoms with E-state index in [1.54, 1.807) is 12.1 Å². The lowest BCUT2D eigenvalue weighted by Gasteiger charge is -2.17. The van der Waals surface area contributed by atoms with Crippen molar-refractivity contribution in [1.29, 1.82) is 0 Å². The van der Waals surface area contributed by atoms with Gasteiger partial charge in [0.2, 0.25) is 11.5 Å². The van der Waals surface area contributed by atoms with E-state index < -0.39 is 15.2 Å². The Morgan fingerprint density at radius 1 is 1.16 bits per heavy atom. The van der Waals surface area contributed by atoms with Crippen LogP contribution in [0.4, 0.5) is 5.69 Å². The highest BCUT2D eigenvalue weighted by atomic mass is 35.7. The zero-order valence-corrected chi connectivity index (χ0v) is 11.3. The zero-order valence-electron chi connectivity index (χ0n) is 8.93. The van der Waals surface area contributed by atoms with Crippen LogP contribution in [0.15, 0.2) is 29.0 Å². The highest BCUT2D eigenvalue weighted by Gasteiger charge is 2.11. The Labute approximate surface area is 116 Å². The van der Waals surface area contributed by atoms with Crippen LogP contribution >= 0.6 is 22.9 Å². The Kier molecular flexibility index (Phi) is 5.62. The molecule has 0 bridgehead atoms. The summed E-state index contributed by atoms with van der Waals surface area (Å²) in [7, 11) is -4.94. The van der Waals surface area contributed by atoms with Gasteiger partial charge in [-0.15, -0.1) is 10.2 Å². The van der Waals surface area contributed by atoms with Gasteiger partial charge in [0.05, 0.1) is 4.92 Å². The monoisotopic (exact) mass is 324 g/mol. The summed E-state index contributed by atoms with van der Waals surface area (Å²) in [6, 6.07) is 6.40. The maximum atomic E-state index is 10.4. The predicted molar refractivity (Wildman–Crippen MR) is 56.5 cm³/mol. The molecule has 0 saturated heterocycles. The highest BCUT2D eigenvalue weighted by Crippen LogP contribution is 2.25. The smallest absolute Gasteiger partial charge is 0.258 e. The molecule has 0 atom stereocenters. The Morgan fingerprint density at radius 3 is 2.05 bits per heavy atom. The molecule has 0 N–H and O–H groups in total. The maximum absolute atomic E-state index is 10.4. The second-order valence-electron chi connectivity index (χ2n) is 2.90. The van der Waals surface area contributed by atoms with E-state index in [0.29, 0.717) is 0 Å². The van der Waals surface area contributed by atoms with E-state index in [1.807, 2.05) is 4.69 Å². The van der Waals surface area contributed by atoms with Gasteiger partial charge in [-0.3, -0.25) is 10.1 Å². The molecule has 1 heterocycles. The van der Waals surface area contributed by atoms with Crippen LogP contribution in [0.2, 0.25) is 0 Å². The average molecular weight is 325 g/mol. The maximum Gasteiger partial charge on any atom is 0.269 e. The number of rotatable bonds is 2. The average Bonchev–Trinajstić information content (AvgIpc) is 2.80. The van der Waals surface area contributed by atoms with Crippen LogP contribution < -0.4 is 18.6 Å². The van der Waals surface area contributed by atoms with Crippen LogP contribution in [0.1, 0.15) is 0 Å². The summed E-state index contributed by atoms with van der Waals surface area (Å²) in [5.41, 5.74) is 1.02. The molecular formula is C8H5ClN2O6S2. The molecule has 0 aliphatic carbocycles. The van der Waals surface area contributed by atoms with E-state index in [-0.39, 0.29) is 5.69 Å². The molecule has 0 amide bonds. The van der Waals surface area contributed by atoms with Gasteiger partial charge in [-0.25, -0.2) is 18.6 Å². The van der Waals surface area contributed by atoms with Crippen molar-refractivity contribution in [2.45, 2.75) is 0 Å². The second kappa shape index (κ2) is 6.77. The molecule has 0 spiro atoms. The van der Waals surface area contributed by atoms with E-state index in [9.17, 15) is 10.1 Å². The van der Waals surface area contributed by atoms with Gasteiger partial charge in [-0.1, -0.05) is 0 Å². The highest BCUT2D eigenvalue weighted by molar-refractivity contribution is 7.26. The molecule has 19 heavy (non-hydrogen) atoms. The zero-order chi connectivity index (χ0) is 14.5. The molecule has 0 fully saturated rings. The van der Waals surface area contributed by atoms with Crippen molar-refractivity contribution in [2.24, 2.45) is 0 Å². The fraction of sp³-hybridized carbons (Fsp3) is 0. The predicted octanol–water partition coefficient (Wildman–Crippen LogP) is -1.70. The normalized spacial score (nSPS) is 10.5. The third kappa shape index (κ3) is 6.45. The van der Waals surface area contributed by atoms with E-state index in [1.165, 1.54) is 35.0 Å². The van der Waals surface area contributed by atoms with E-state index in [0.717, 1.165) is 10.6 Å². The van der Waals surface area contributed by atoms with Gasteiger partial charge in [0.1, 0.15) is 11.3 Å². The number of hydrogen-bond acceptors (Lipinski definition) is 8. The van der Waals surface area contributed by atoms with Gasteiger partial charge in [0.25, 0.3) is 15.4 Å². The molecule has 1 aromatic carbocycles. The number of aromatic nitrogens is 1. The lowest BCUT2D eigenvalue weighted by molar-refractivity contribution is -2.00. The lowest BCUT2D eigenvalue weighted by atomic mass is 10.2. The van der Waals surface area contributed by atoms with Gasteiger partial charge in [0.15, 0.2) is 0 Å². The Balaban J connectivity index is 0.000000312. The Hall–Kier alpha value is -1.27.